The number of piperidine rings is 1. The van der Waals surface area contributed by atoms with Crippen LogP contribution in [0, 0.1) is 12.3 Å². The van der Waals surface area contributed by atoms with Crippen molar-refractivity contribution in [3.05, 3.63) is 34.9 Å². The zero-order chi connectivity index (χ0) is 16.7. The van der Waals surface area contributed by atoms with E-state index in [1.807, 2.05) is 0 Å². The molecule has 0 saturated carbocycles. The van der Waals surface area contributed by atoms with E-state index in [0.717, 1.165) is 25.9 Å². The number of hydrogen-bond acceptors (Lipinski definition) is 2. The van der Waals surface area contributed by atoms with Crippen LogP contribution in [0.4, 0.5) is 13.2 Å². The van der Waals surface area contributed by atoms with Crippen LogP contribution in [-0.4, -0.2) is 30.4 Å². The lowest BCUT2D eigenvalue weighted by Crippen LogP contribution is -2.41. The standard InChI is InChI=1S/C17H21F3N2O/c1-12-3-2-4-13(15(12)17(18,19)20)10-22-7-5-16(6-8-22)9-14(23)21-11-16/h2-4H,5-11H2,1H3,(H,21,23). The van der Waals surface area contributed by atoms with Crippen LogP contribution < -0.4 is 5.32 Å². The lowest BCUT2D eigenvalue weighted by Gasteiger charge is -2.38. The molecule has 2 fully saturated rings. The Morgan fingerprint density at radius 3 is 2.52 bits per heavy atom. The Labute approximate surface area is 133 Å². The first-order valence-corrected chi connectivity index (χ1v) is 7.94. The van der Waals surface area contributed by atoms with Crippen LogP contribution in [0.5, 0.6) is 0 Å². The summed E-state index contributed by atoms with van der Waals surface area (Å²) in [5.41, 5.74) is 0.133. The van der Waals surface area contributed by atoms with E-state index < -0.39 is 11.7 Å². The summed E-state index contributed by atoms with van der Waals surface area (Å²) in [7, 11) is 0. The number of carbonyl (C=O) groups is 1. The van der Waals surface area contributed by atoms with Gasteiger partial charge in [0, 0.05) is 19.5 Å². The van der Waals surface area contributed by atoms with Crippen molar-refractivity contribution >= 4 is 5.91 Å². The number of nitrogens with one attached hydrogen (secondary N) is 1. The van der Waals surface area contributed by atoms with Crippen molar-refractivity contribution in [2.45, 2.75) is 38.9 Å². The second kappa shape index (κ2) is 5.82. The maximum Gasteiger partial charge on any atom is 0.416 e. The van der Waals surface area contributed by atoms with E-state index in [2.05, 4.69) is 10.2 Å². The van der Waals surface area contributed by atoms with Gasteiger partial charge in [0.25, 0.3) is 0 Å². The number of amides is 1. The lowest BCUT2D eigenvalue weighted by molar-refractivity contribution is -0.139. The minimum Gasteiger partial charge on any atom is -0.356 e. The Balaban J connectivity index is 1.70. The molecule has 126 valence electrons. The summed E-state index contributed by atoms with van der Waals surface area (Å²) < 4.78 is 39.8. The number of hydrogen-bond donors (Lipinski definition) is 1. The first kappa shape index (κ1) is 16.3. The molecule has 6 heteroatoms. The van der Waals surface area contributed by atoms with Gasteiger partial charge in [0.1, 0.15) is 0 Å². The summed E-state index contributed by atoms with van der Waals surface area (Å²) in [6.45, 7) is 4.00. The molecular weight excluding hydrogens is 305 g/mol. The Hall–Kier alpha value is -1.56. The highest BCUT2D eigenvalue weighted by atomic mass is 19.4. The molecular formula is C17H21F3N2O. The van der Waals surface area contributed by atoms with Crippen molar-refractivity contribution in [2.24, 2.45) is 5.41 Å². The van der Waals surface area contributed by atoms with Gasteiger partial charge in [-0.3, -0.25) is 9.69 Å². The Kier molecular flexibility index (Phi) is 4.12. The Bertz CT molecular complexity index is 604. The van der Waals surface area contributed by atoms with Crippen LogP contribution in [0.25, 0.3) is 0 Å². The molecule has 2 heterocycles. The lowest BCUT2D eigenvalue weighted by atomic mass is 9.77. The third-order valence-electron chi connectivity index (χ3n) is 5.15. The minimum atomic E-state index is -4.32. The van der Waals surface area contributed by atoms with Gasteiger partial charge in [-0.25, -0.2) is 0 Å². The number of halogens is 3. The molecule has 0 aromatic heterocycles. The molecule has 1 N–H and O–H groups in total. The average Bonchev–Trinajstić information content (AvgIpc) is 2.81. The third-order valence-corrected chi connectivity index (χ3v) is 5.15. The Morgan fingerprint density at radius 2 is 1.96 bits per heavy atom. The third kappa shape index (κ3) is 3.37. The summed E-state index contributed by atoms with van der Waals surface area (Å²) >= 11 is 0. The molecule has 3 nitrogen and oxygen atoms in total. The summed E-state index contributed by atoms with van der Waals surface area (Å²) in [6.07, 6.45) is -2.05. The molecule has 1 spiro atoms. The molecule has 0 unspecified atom stereocenters. The van der Waals surface area contributed by atoms with Gasteiger partial charge in [-0.2, -0.15) is 13.2 Å². The number of benzene rings is 1. The van der Waals surface area contributed by atoms with Crippen LogP contribution in [0.3, 0.4) is 0 Å². The summed E-state index contributed by atoms with van der Waals surface area (Å²) in [5, 5.41) is 2.87. The summed E-state index contributed by atoms with van der Waals surface area (Å²) in [5.74, 6) is 0.0940. The van der Waals surface area contributed by atoms with Crippen LogP contribution in [-0.2, 0) is 17.5 Å². The van der Waals surface area contributed by atoms with E-state index in [9.17, 15) is 18.0 Å². The SMILES string of the molecule is Cc1cccc(CN2CCC3(CC2)CNC(=O)C3)c1C(F)(F)F. The fourth-order valence-corrected chi connectivity index (χ4v) is 3.80. The number of aryl methyl sites for hydroxylation is 1. The molecule has 0 atom stereocenters. The Morgan fingerprint density at radius 1 is 1.26 bits per heavy atom. The van der Waals surface area contributed by atoms with Gasteiger partial charge in [0.2, 0.25) is 5.91 Å². The maximum atomic E-state index is 13.3. The molecule has 0 aliphatic carbocycles. The molecule has 2 aliphatic heterocycles. The number of nitrogens with zero attached hydrogens (tertiary/aromatic N) is 1. The van der Waals surface area contributed by atoms with Crippen molar-refractivity contribution in [3.63, 3.8) is 0 Å². The number of rotatable bonds is 2. The smallest absolute Gasteiger partial charge is 0.356 e. The van der Waals surface area contributed by atoms with Crippen LogP contribution in [0.15, 0.2) is 18.2 Å². The quantitative estimate of drug-likeness (QED) is 0.906. The zero-order valence-electron chi connectivity index (χ0n) is 13.2. The summed E-state index contributed by atoms with van der Waals surface area (Å²) in [6, 6.07) is 4.76. The van der Waals surface area contributed by atoms with Gasteiger partial charge in [0.15, 0.2) is 0 Å². The van der Waals surface area contributed by atoms with Crippen molar-refractivity contribution in [1.82, 2.24) is 10.2 Å². The highest BCUT2D eigenvalue weighted by Crippen LogP contribution is 2.39. The zero-order valence-corrected chi connectivity index (χ0v) is 13.2. The molecule has 1 amide bonds. The van der Waals surface area contributed by atoms with Gasteiger partial charge in [-0.05, 0) is 49.4 Å². The second-order valence-electron chi connectivity index (χ2n) is 6.84. The van der Waals surface area contributed by atoms with Gasteiger partial charge in [0.05, 0.1) is 5.56 Å². The molecule has 3 rings (SSSR count). The van der Waals surface area contributed by atoms with E-state index in [1.165, 1.54) is 13.0 Å². The van der Waals surface area contributed by atoms with E-state index in [1.54, 1.807) is 12.1 Å². The largest absolute Gasteiger partial charge is 0.416 e. The van der Waals surface area contributed by atoms with Crippen LogP contribution in [0.1, 0.15) is 36.0 Å². The molecule has 0 radical (unpaired) electrons. The molecule has 23 heavy (non-hydrogen) atoms. The van der Waals surface area contributed by atoms with E-state index in [4.69, 9.17) is 0 Å². The fraction of sp³-hybridized carbons (Fsp3) is 0.588. The van der Waals surface area contributed by atoms with Crippen LogP contribution in [0.2, 0.25) is 0 Å². The molecule has 0 bridgehead atoms. The van der Waals surface area contributed by atoms with E-state index >= 15 is 0 Å². The fourth-order valence-electron chi connectivity index (χ4n) is 3.80. The maximum absolute atomic E-state index is 13.3. The topological polar surface area (TPSA) is 32.3 Å². The molecule has 2 aliphatic rings. The van der Waals surface area contributed by atoms with Crippen molar-refractivity contribution in [2.75, 3.05) is 19.6 Å². The van der Waals surface area contributed by atoms with Gasteiger partial charge >= 0.3 is 6.18 Å². The first-order chi connectivity index (χ1) is 10.8. The first-order valence-electron chi connectivity index (χ1n) is 7.94. The van der Waals surface area contributed by atoms with E-state index in [-0.39, 0.29) is 16.9 Å². The highest BCUT2D eigenvalue weighted by molar-refractivity contribution is 5.79. The summed E-state index contributed by atoms with van der Waals surface area (Å²) in [4.78, 5) is 13.5. The number of carbonyl (C=O) groups excluding carboxylic acids is 1. The van der Waals surface area contributed by atoms with Gasteiger partial charge in [-0.1, -0.05) is 18.2 Å². The van der Waals surface area contributed by atoms with Crippen molar-refractivity contribution in [3.8, 4) is 0 Å². The average molecular weight is 326 g/mol. The number of alkyl halides is 3. The number of likely N-dealkylation sites (tertiary alicyclic amines) is 1. The van der Waals surface area contributed by atoms with Crippen LogP contribution >= 0.6 is 0 Å². The molecule has 2 saturated heterocycles. The predicted octanol–water partition coefficient (Wildman–Crippen LogP) is 3.12. The monoisotopic (exact) mass is 326 g/mol. The normalized spacial score (nSPS) is 21.7. The second-order valence-corrected chi connectivity index (χ2v) is 6.84. The highest BCUT2D eigenvalue weighted by Gasteiger charge is 2.41. The van der Waals surface area contributed by atoms with Crippen molar-refractivity contribution < 1.29 is 18.0 Å². The predicted molar refractivity (Wildman–Crippen MR) is 80.8 cm³/mol. The molecule has 1 aromatic carbocycles. The van der Waals surface area contributed by atoms with Gasteiger partial charge in [-0.15, -0.1) is 0 Å². The van der Waals surface area contributed by atoms with Crippen molar-refractivity contribution in [1.29, 1.82) is 0 Å². The molecule has 1 aromatic rings. The van der Waals surface area contributed by atoms with Gasteiger partial charge < -0.3 is 5.32 Å². The minimum absolute atomic E-state index is 0.0209. The van der Waals surface area contributed by atoms with E-state index in [0.29, 0.717) is 25.1 Å².